The third-order valence-electron chi connectivity index (χ3n) is 3.67. The lowest BCUT2D eigenvalue weighted by Gasteiger charge is -2.13. The molecule has 142 valence electrons. The molecule has 0 aliphatic heterocycles. The molecule has 27 heavy (non-hydrogen) atoms. The standard InChI is InChI=1S/C17H11F4NO4S/c1-25-15-4-2-3-12-11(7-8-22-16(12)15)13-9-10(5-6-14(13)18)26-27(23,24)17(19,20)21/h2-9H,1H3. The molecule has 0 aliphatic rings. The minimum absolute atomic E-state index is 0.148. The van der Waals surface area contributed by atoms with Gasteiger partial charge in [0.1, 0.15) is 22.8 Å². The number of fused-ring (bicyclic) bond motifs is 1. The maximum Gasteiger partial charge on any atom is 0.534 e. The van der Waals surface area contributed by atoms with Crippen LogP contribution in [0.1, 0.15) is 0 Å². The van der Waals surface area contributed by atoms with E-state index in [1.54, 1.807) is 18.2 Å². The molecule has 0 spiro atoms. The number of rotatable bonds is 4. The SMILES string of the molecule is COc1cccc2c(-c3cc(OS(=O)(=O)C(F)(F)F)ccc3F)ccnc12. The Morgan fingerprint density at radius 1 is 1.04 bits per heavy atom. The van der Waals surface area contributed by atoms with E-state index in [0.29, 0.717) is 16.7 Å². The first kappa shape index (κ1) is 18.9. The normalized spacial score (nSPS) is 12.2. The van der Waals surface area contributed by atoms with Crippen molar-refractivity contribution in [3.8, 4) is 22.6 Å². The average molecular weight is 401 g/mol. The number of hydrogen-bond acceptors (Lipinski definition) is 5. The Bertz CT molecular complexity index is 1110. The Kier molecular flexibility index (Phi) is 4.68. The first-order valence-corrected chi connectivity index (χ1v) is 8.77. The van der Waals surface area contributed by atoms with E-state index in [4.69, 9.17) is 4.74 Å². The van der Waals surface area contributed by atoms with Gasteiger partial charge in [-0.05, 0) is 35.9 Å². The van der Waals surface area contributed by atoms with Gasteiger partial charge in [-0.2, -0.15) is 21.6 Å². The van der Waals surface area contributed by atoms with Crippen LogP contribution < -0.4 is 8.92 Å². The zero-order valence-electron chi connectivity index (χ0n) is 13.6. The molecule has 0 saturated carbocycles. The number of halogens is 4. The number of para-hydroxylation sites is 1. The first-order valence-electron chi connectivity index (χ1n) is 7.36. The van der Waals surface area contributed by atoms with E-state index >= 15 is 0 Å². The zero-order valence-corrected chi connectivity index (χ0v) is 14.4. The molecule has 0 saturated heterocycles. The summed E-state index contributed by atoms with van der Waals surface area (Å²) in [5.41, 5.74) is -5.05. The Morgan fingerprint density at radius 2 is 1.78 bits per heavy atom. The van der Waals surface area contributed by atoms with Crippen LogP contribution in [0.15, 0.2) is 48.7 Å². The maximum atomic E-state index is 14.4. The van der Waals surface area contributed by atoms with E-state index in [2.05, 4.69) is 9.17 Å². The van der Waals surface area contributed by atoms with Crippen LogP contribution in [0.2, 0.25) is 0 Å². The van der Waals surface area contributed by atoms with Crippen molar-refractivity contribution in [1.29, 1.82) is 0 Å². The number of pyridine rings is 1. The monoisotopic (exact) mass is 401 g/mol. The van der Waals surface area contributed by atoms with Gasteiger partial charge < -0.3 is 8.92 Å². The van der Waals surface area contributed by atoms with Crippen LogP contribution in [0, 0.1) is 5.82 Å². The second-order valence-electron chi connectivity index (χ2n) is 5.34. The average Bonchev–Trinajstić information content (AvgIpc) is 2.61. The highest BCUT2D eigenvalue weighted by molar-refractivity contribution is 7.88. The molecule has 0 bridgehead atoms. The van der Waals surface area contributed by atoms with Gasteiger partial charge >= 0.3 is 15.6 Å². The van der Waals surface area contributed by atoms with E-state index in [-0.39, 0.29) is 11.1 Å². The molecule has 1 aromatic heterocycles. The molecule has 1 heterocycles. The van der Waals surface area contributed by atoms with Crippen molar-refractivity contribution < 1.29 is 34.9 Å². The minimum Gasteiger partial charge on any atom is -0.494 e. The quantitative estimate of drug-likeness (QED) is 0.371. The van der Waals surface area contributed by atoms with Gasteiger partial charge in [-0.25, -0.2) is 4.39 Å². The first-order chi connectivity index (χ1) is 12.6. The van der Waals surface area contributed by atoms with E-state index in [1.807, 2.05) is 0 Å². The zero-order chi connectivity index (χ0) is 19.8. The van der Waals surface area contributed by atoms with E-state index in [1.165, 1.54) is 19.4 Å². The molecule has 5 nitrogen and oxygen atoms in total. The van der Waals surface area contributed by atoms with Crippen molar-refractivity contribution >= 4 is 21.0 Å². The smallest absolute Gasteiger partial charge is 0.494 e. The van der Waals surface area contributed by atoms with Crippen LogP contribution in [0.25, 0.3) is 22.0 Å². The molecule has 0 fully saturated rings. The predicted octanol–water partition coefficient (Wildman–Crippen LogP) is 4.28. The summed E-state index contributed by atoms with van der Waals surface area (Å²) in [5, 5.41) is 0.464. The number of methoxy groups -OCH3 is 1. The summed E-state index contributed by atoms with van der Waals surface area (Å²) >= 11 is 0. The number of benzene rings is 2. The van der Waals surface area contributed by atoms with Crippen molar-refractivity contribution in [3.63, 3.8) is 0 Å². The van der Waals surface area contributed by atoms with Gasteiger partial charge in [0.15, 0.2) is 0 Å². The van der Waals surface area contributed by atoms with E-state index in [9.17, 15) is 26.0 Å². The number of nitrogens with zero attached hydrogens (tertiary/aromatic N) is 1. The van der Waals surface area contributed by atoms with E-state index < -0.39 is 27.2 Å². The molecule has 2 aromatic carbocycles. The molecule has 3 aromatic rings. The van der Waals surface area contributed by atoms with Crippen LogP contribution in [-0.4, -0.2) is 26.0 Å². The summed E-state index contributed by atoms with van der Waals surface area (Å²) in [6.45, 7) is 0. The second kappa shape index (κ2) is 6.69. The lowest BCUT2D eigenvalue weighted by molar-refractivity contribution is -0.0500. The van der Waals surface area contributed by atoms with Crippen LogP contribution >= 0.6 is 0 Å². The molecule has 0 amide bonds. The summed E-state index contributed by atoms with van der Waals surface area (Å²) in [6, 6.07) is 8.85. The largest absolute Gasteiger partial charge is 0.534 e. The van der Waals surface area contributed by atoms with Gasteiger partial charge in [0.2, 0.25) is 0 Å². The van der Waals surface area contributed by atoms with Gasteiger partial charge in [0.25, 0.3) is 0 Å². The van der Waals surface area contributed by atoms with Crippen LogP contribution in [0.5, 0.6) is 11.5 Å². The fourth-order valence-corrected chi connectivity index (χ4v) is 2.94. The van der Waals surface area contributed by atoms with Crippen LogP contribution in [0.3, 0.4) is 0 Å². The molecule has 0 N–H and O–H groups in total. The Morgan fingerprint density at radius 3 is 2.44 bits per heavy atom. The van der Waals surface area contributed by atoms with Crippen molar-refractivity contribution in [2.24, 2.45) is 0 Å². The molecule has 0 atom stereocenters. The minimum atomic E-state index is -5.87. The van der Waals surface area contributed by atoms with Crippen molar-refractivity contribution in [1.82, 2.24) is 4.98 Å². The molecule has 3 rings (SSSR count). The third kappa shape index (κ3) is 3.52. The number of alkyl halides is 3. The van der Waals surface area contributed by atoms with E-state index in [0.717, 1.165) is 18.2 Å². The summed E-state index contributed by atoms with van der Waals surface area (Å²) in [6.07, 6.45) is 1.37. The Balaban J connectivity index is 2.15. The summed E-state index contributed by atoms with van der Waals surface area (Å²) in [5.74, 6) is -1.03. The summed E-state index contributed by atoms with van der Waals surface area (Å²) in [7, 11) is -4.44. The highest BCUT2D eigenvalue weighted by Crippen LogP contribution is 2.36. The lowest BCUT2D eigenvalue weighted by atomic mass is 10.0. The molecule has 0 unspecified atom stereocenters. The summed E-state index contributed by atoms with van der Waals surface area (Å²) in [4.78, 5) is 4.16. The Hall–Kier alpha value is -2.88. The topological polar surface area (TPSA) is 65.5 Å². The predicted molar refractivity (Wildman–Crippen MR) is 89.3 cm³/mol. The highest BCUT2D eigenvalue weighted by Gasteiger charge is 2.48. The second-order valence-corrected chi connectivity index (χ2v) is 6.88. The van der Waals surface area contributed by atoms with Gasteiger partial charge in [-0.15, -0.1) is 0 Å². The third-order valence-corrected chi connectivity index (χ3v) is 4.65. The van der Waals surface area contributed by atoms with Crippen LogP contribution in [-0.2, 0) is 10.1 Å². The van der Waals surface area contributed by atoms with Crippen molar-refractivity contribution in [3.05, 3.63) is 54.5 Å². The highest BCUT2D eigenvalue weighted by atomic mass is 32.2. The van der Waals surface area contributed by atoms with Gasteiger partial charge in [-0.1, -0.05) is 12.1 Å². The van der Waals surface area contributed by atoms with Gasteiger partial charge in [-0.3, -0.25) is 4.98 Å². The number of ether oxygens (including phenoxy) is 1. The molecule has 10 heteroatoms. The fraction of sp³-hybridized carbons (Fsp3) is 0.118. The number of aromatic nitrogens is 1. The molecular formula is C17H11F4NO4S. The van der Waals surface area contributed by atoms with Crippen molar-refractivity contribution in [2.75, 3.05) is 7.11 Å². The Labute approximate surface area is 151 Å². The maximum absolute atomic E-state index is 14.4. The van der Waals surface area contributed by atoms with Crippen LogP contribution in [0.4, 0.5) is 17.6 Å². The van der Waals surface area contributed by atoms with Crippen molar-refractivity contribution in [2.45, 2.75) is 5.51 Å². The molecular weight excluding hydrogens is 390 g/mol. The lowest BCUT2D eigenvalue weighted by Crippen LogP contribution is -2.28. The van der Waals surface area contributed by atoms with Gasteiger partial charge in [0, 0.05) is 17.1 Å². The fourth-order valence-electron chi connectivity index (χ4n) is 2.49. The number of hydrogen-bond donors (Lipinski definition) is 0. The summed E-state index contributed by atoms with van der Waals surface area (Å²) < 4.78 is 83.5. The molecule has 0 aliphatic carbocycles. The van der Waals surface area contributed by atoms with Gasteiger partial charge in [0.05, 0.1) is 7.11 Å². The molecule has 0 radical (unpaired) electrons.